The van der Waals surface area contributed by atoms with Crippen LogP contribution in [0.2, 0.25) is 18.1 Å². The molecule has 0 saturated carbocycles. The van der Waals surface area contributed by atoms with Crippen LogP contribution in [0.5, 0.6) is 0 Å². The zero-order valence-corrected chi connectivity index (χ0v) is 24.8. The maximum Gasteiger partial charge on any atom is 0.340 e. The molecule has 0 spiro atoms. The van der Waals surface area contributed by atoms with Crippen molar-refractivity contribution in [2.75, 3.05) is 5.88 Å². The maximum absolute atomic E-state index is 13.7. The number of benzene rings is 2. The minimum Gasteiger partial charge on any atom is -0.453 e. The Balaban J connectivity index is 1.80. The summed E-state index contributed by atoms with van der Waals surface area (Å²) in [5.41, 5.74) is -1.17. The zero-order valence-electron chi connectivity index (χ0n) is 23.1. The lowest BCUT2D eigenvalue weighted by Gasteiger charge is -2.40. The fraction of sp³-hybridized carbons (Fsp3) is 0.379. The molecule has 9 nitrogen and oxygen atoms in total. The van der Waals surface area contributed by atoms with Crippen molar-refractivity contribution in [1.29, 1.82) is 0 Å². The molecule has 40 heavy (non-hydrogen) atoms. The Morgan fingerprint density at radius 1 is 0.925 bits per heavy atom. The van der Waals surface area contributed by atoms with E-state index < -0.39 is 56.0 Å². The van der Waals surface area contributed by atoms with Crippen LogP contribution in [0.15, 0.2) is 82.5 Å². The summed E-state index contributed by atoms with van der Waals surface area (Å²) in [6, 6.07) is 17.6. The van der Waals surface area contributed by atoms with Crippen molar-refractivity contribution in [3.05, 3.63) is 105 Å². The Hall–Kier alpha value is -3.31. The van der Waals surface area contributed by atoms with Gasteiger partial charge in [0, 0.05) is 17.8 Å². The van der Waals surface area contributed by atoms with Gasteiger partial charge in [-0.05, 0) is 42.4 Å². The molecule has 1 saturated heterocycles. The molecule has 0 amide bonds. The van der Waals surface area contributed by atoms with Gasteiger partial charge in [-0.15, -0.1) is 11.6 Å². The highest BCUT2D eigenvalue weighted by Crippen LogP contribution is 2.42. The Morgan fingerprint density at radius 2 is 1.50 bits per heavy atom. The first kappa shape index (κ1) is 29.7. The van der Waals surface area contributed by atoms with Crippen molar-refractivity contribution >= 4 is 31.8 Å². The standard InChI is InChI=1S/C29H33ClN2O7Si/c1-29(2,3)40(4,5)39-24-23(38-27(35)20-14-10-7-11-15-20)21(18-30)37-26(24)31-17-16-22(33)32(28(31)36)25(34)19-12-8-6-9-13-19/h6-17,21,23-24,26H,18H2,1-5H3/t21-,23-,24-,26-/m1/s1. The van der Waals surface area contributed by atoms with Crippen LogP contribution in [0, 0.1) is 0 Å². The first-order valence-electron chi connectivity index (χ1n) is 12.9. The van der Waals surface area contributed by atoms with Gasteiger partial charge in [0.05, 0.1) is 11.4 Å². The quantitative estimate of drug-likeness (QED) is 0.229. The lowest BCUT2D eigenvalue weighted by Crippen LogP contribution is -2.51. The topological polar surface area (TPSA) is 106 Å². The van der Waals surface area contributed by atoms with E-state index in [2.05, 4.69) is 20.8 Å². The molecule has 2 heterocycles. The van der Waals surface area contributed by atoms with Gasteiger partial charge in [0.1, 0.15) is 12.2 Å². The number of ether oxygens (including phenoxy) is 2. The van der Waals surface area contributed by atoms with Crippen molar-refractivity contribution in [2.24, 2.45) is 0 Å². The van der Waals surface area contributed by atoms with E-state index in [4.69, 9.17) is 25.5 Å². The van der Waals surface area contributed by atoms with Crippen LogP contribution in [0.1, 0.15) is 47.7 Å². The van der Waals surface area contributed by atoms with Crippen LogP contribution >= 0.6 is 11.6 Å². The van der Waals surface area contributed by atoms with Crippen molar-refractivity contribution in [1.82, 2.24) is 9.13 Å². The second kappa shape index (κ2) is 11.7. The Morgan fingerprint density at radius 3 is 2.05 bits per heavy atom. The molecule has 212 valence electrons. The van der Waals surface area contributed by atoms with E-state index >= 15 is 0 Å². The van der Waals surface area contributed by atoms with Gasteiger partial charge < -0.3 is 13.9 Å². The first-order chi connectivity index (χ1) is 18.9. The minimum atomic E-state index is -2.54. The van der Waals surface area contributed by atoms with Gasteiger partial charge in [-0.3, -0.25) is 14.2 Å². The molecule has 4 rings (SSSR count). The lowest BCUT2D eigenvalue weighted by molar-refractivity contribution is -0.0308. The van der Waals surface area contributed by atoms with Gasteiger partial charge in [0.2, 0.25) is 0 Å². The van der Waals surface area contributed by atoms with Gasteiger partial charge in [-0.1, -0.05) is 57.2 Å². The Bertz CT molecular complexity index is 1480. The van der Waals surface area contributed by atoms with Crippen LogP contribution < -0.4 is 11.2 Å². The molecule has 1 aliphatic rings. The van der Waals surface area contributed by atoms with E-state index in [0.717, 1.165) is 10.6 Å². The summed E-state index contributed by atoms with van der Waals surface area (Å²) in [5, 5.41) is -0.238. The van der Waals surface area contributed by atoms with Crippen molar-refractivity contribution < 1.29 is 23.5 Å². The van der Waals surface area contributed by atoms with E-state index in [0.29, 0.717) is 10.1 Å². The van der Waals surface area contributed by atoms with E-state index in [1.54, 1.807) is 48.5 Å². The molecular formula is C29H33ClN2O7Si. The number of hydrogen-bond donors (Lipinski definition) is 0. The molecule has 2 aromatic carbocycles. The Kier molecular flexibility index (Phi) is 8.65. The van der Waals surface area contributed by atoms with Gasteiger partial charge in [-0.25, -0.2) is 9.59 Å². The van der Waals surface area contributed by atoms with E-state index in [9.17, 15) is 19.2 Å². The predicted octanol–water partition coefficient (Wildman–Crippen LogP) is 4.45. The van der Waals surface area contributed by atoms with Crippen molar-refractivity contribution in [3.63, 3.8) is 0 Å². The monoisotopic (exact) mass is 584 g/mol. The van der Waals surface area contributed by atoms with Gasteiger partial charge in [-0.2, -0.15) is 4.57 Å². The lowest BCUT2D eigenvalue weighted by atomic mass is 10.1. The third-order valence-corrected chi connectivity index (χ3v) is 12.2. The summed E-state index contributed by atoms with van der Waals surface area (Å²) in [7, 11) is -2.54. The summed E-state index contributed by atoms with van der Waals surface area (Å²) in [6.07, 6.45) is -2.62. The zero-order chi connectivity index (χ0) is 29.2. The highest BCUT2D eigenvalue weighted by molar-refractivity contribution is 6.74. The predicted molar refractivity (Wildman–Crippen MR) is 153 cm³/mol. The van der Waals surface area contributed by atoms with E-state index in [1.165, 1.54) is 18.3 Å². The number of esters is 1. The molecule has 0 radical (unpaired) electrons. The molecule has 1 aromatic heterocycles. The first-order valence-corrected chi connectivity index (χ1v) is 16.4. The second-order valence-corrected chi connectivity index (χ2v) is 16.2. The third-order valence-electron chi connectivity index (χ3n) is 7.44. The summed E-state index contributed by atoms with van der Waals surface area (Å²) in [5.74, 6) is -1.42. The van der Waals surface area contributed by atoms with Crippen LogP contribution in [-0.2, 0) is 13.9 Å². The molecule has 11 heteroatoms. The molecular weight excluding hydrogens is 552 g/mol. The minimum absolute atomic E-state index is 0.0576. The fourth-order valence-electron chi connectivity index (χ4n) is 4.19. The largest absolute Gasteiger partial charge is 0.453 e. The summed E-state index contributed by atoms with van der Waals surface area (Å²) in [6.45, 7) is 10.2. The van der Waals surface area contributed by atoms with E-state index in [-0.39, 0.29) is 16.5 Å². The SMILES string of the molecule is CC(C)(C)[Si](C)(C)O[C@@H]1[C@H](OC(=O)c2ccccc2)[C@@H](CCl)O[C@H]1n1ccc(=O)n(C(=O)c2ccccc2)c1=O. The highest BCUT2D eigenvalue weighted by atomic mass is 35.5. The molecule has 0 aliphatic carbocycles. The van der Waals surface area contributed by atoms with E-state index in [1.807, 2.05) is 13.1 Å². The number of halogens is 1. The molecule has 0 unspecified atom stereocenters. The number of aromatic nitrogens is 2. The normalized spacial score (nSPS) is 21.2. The fourth-order valence-corrected chi connectivity index (χ4v) is 5.72. The number of rotatable bonds is 7. The molecule has 4 atom stereocenters. The highest BCUT2D eigenvalue weighted by Gasteiger charge is 2.53. The van der Waals surface area contributed by atoms with Crippen LogP contribution in [-0.4, -0.2) is 53.5 Å². The average Bonchev–Trinajstić information content (AvgIpc) is 3.24. The molecule has 1 fully saturated rings. The van der Waals surface area contributed by atoms with Crippen LogP contribution in [0.3, 0.4) is 0 Å². The van der Waals surface area contributed by atoms with Gasteiger partial charge in [0.15, 0.2) is 20.6 Å². The van der Waals surface area contributed by atoms with Crippen LogP contribution in [0.25, 0.3) is 0 Å². The molecule has 3 aromatic rings. The Labute approximate surface area is 238 Å². The molecule has 0 bridgehead atoms. The van der Waals surface area contributed by atoms with Gasteiger partial charge in [0.25, 0.3) is 11.5 Å². The summed E-state index contributed by atoms with van der Waals surface area (Å²) < 4.78 is 20.6. The number of hydrogen-bond acceptors (Lipinski definition) is 7. The van der Waals surface area contributed by atoms with Gasteiger partial charge >= 0.3 is 11.7 Å². The number of alkyl halides is 1. The molecule has 1 aliphatic heterocycles. The van der Waals surface area contributed by atoms with Crippen LogP contribution in [0.4, 0.5) is 0 Å². The van der Waals surface area contributed by atoms with Crippen molar-refractivity contribution in [3.8, 4) is 0 Å². The number of carbonyl (C=O) groups is 2. The van der Waals surface area contributed by atoms with Crippen molar-refractivity contribution in [2.45, 2.75) is 63.4 Å². The third kappa shape index (κ3) is 5.90. The smallest absolute Gasteiger partial charge is 0.340 e. The molecule has 0 N–H and O–H groups in total. The average molecular weight is 585 g/mol. The summed E-state index contributed by atoms with van der Waals surface area (Å²) in [4.78, 5) is 52.7. The number of carbonyl (C=O) groups excluding carboxylic acids is 2. The second-order valence-electron chi connectivity index (χ2n) is 11.1. The number of nitrogens with zero attached hydrogens (tertiary/aromatic N) is 2. The summed E-state index contributed by atoms with van der Waals surface area (Å²) >= 11 is 6.28. The maximum atomic E-state index is 13.7.